The molecule has 5 nitrogen and oxygen atoms in total. The van der Waals surface area contributed by atoms with Crippen LogP contribution in [0.4, 0.5) is 11.5 Å². The Kier molecular flexibility index (Phi) is 6.44. The molecule has 0 aliphatic heterocycles. The molecule has 3 aromatic rings. The Hall–Kier alpha value is -2.86. The van der Waals surface area contributed by atoms with E-state index in [0.717, 1.165) is 24.3 Å². The number of rotatable bonds is 9. The first kappa shape index (κ1) is 18.9. The predicted molar refractivity (Wildman–Crippen MR) is 110 cm³/mol. The first-order valence-electron chi connectivity index (χ1n) is 8.89. The molecule has 27 heavy (non-hydrogen) atoms. The predicted octanol–water partition coefficient (Wildman–Crippen LogP) is 3.72. The zero-order valence-corrected chi connectivity index (χ0v) is 15.8. The minimum absolute atomic E-state index is 0.0358. The van der Waals surface area contributed by atoms with Gasteiger partial charge in [-0.25, -0.2) is 13.4 Å². The van der Waals surface area contributed by atoms with Crippen molar-refractivity contribution >= 4 is 21.5 Å². The van der Waals surface area contributed by atoms with Crippen LogP contribution in [0, 0.1) is 0 Å². The highest BCUT2D eigenvalue weighted by atomic mass is 32.2. The second-order valence-corrected chi connectivity index (χ2v) is 8.09. The van der Waals surface area contributed by atoms with Gasteiger partial charge in [-0.05, 0) is 36.1 Å². The largest absolute Gasteiger partial charge is 0.370 e. The number of benzene rings is 2. The maximum Gasteiger partial charge on any atom is 0.233 e. The van der Waals surface area contributed by atoms with Crippen LogP contribution >= 0.6 is 0 Å². The molecule has 0 fully saturated rings. The summed E-state index contributed by atoms with van der Waals surface area (Å²) in [7, 11) is -3.41. The molecule has 0 saturated heterocycles. The lowest BCUT2D eigenvalue weighted by Crippen LogP contribution is -2.18. The molecule has 0 radical (unpaired) electrons. The molecule has 0 spiro atoms. The maximum absolute atomic E-state index is 12.2. The fraction of sp³-hybridized carbons (Fsp3) is 0.190. The Labute approximate surface area is 160 Å². The summed E-state index contributed by atoms with van der Waals surface area (Å²) in [6, 6.07) is 23.3. The molecular weight excluding hydrogens is 358 g/mol. The van der Waals surface area contributed by atoms with Gasteiger partial charge in [0.05, 0.1) is 17.6 Å². The van der Waals surface area contributed by atoms with E-state index in [1.165, 1.54) is 11.8 Å². The summed E-state index contributed by atoms with van der Waals surface area (Å²) in [4.78, 5) is 4.27. The average Bonchev–Trinajstić information content (AvgIpc) is 2.69. The summed E-state index contributed by atoms with van der Waals surface area (Å²) >= 11 is 0. The fourth-order valence-corrected chi connectivity index (χ4v) is 3.75. The van der Waals surface area contributed by atoms with Crippen LogP contribution in [-0.2, 0) is 22.9 Å². The molecule has 2 aromatic carbocycles. The Morgan fingerprint density at radius 3 is 2.00 bits per heavy atom. The Balaban J connectivity index is 1.47. The van der Waals surface area contributed by atoms with Gasteiger partial charge in [-0.3, -0.25) is 4.72 Å². The highest BCUT2D eigenvalue weighted by Crippen LogP contribution is 2.12. The lowest BCUT2D eigenvalue weighted by molar-refractivity contribution is 0.600. The molecule has 0 aliphatic rings. The lowest BCUT2D eigenvalue weighted by Gasteiger charge is -2.09. The number of aryl methyl sites for hydroxylation is 1. The molecule has 0 aliphatic carbocycles. The molecule has 0 saturated carbocycles. The smallest absolute Gasteiger partial charge is 0.233 e. The number of nitrogens with zero attached hydrogens (tertiary/aromatic N) is 1. The van der Waals surface area contributed by atoms with Gasteiger partial charge in [0.2, 0.25) is 10.0 Å². The van der Waals surface area contributed by atoms with Gasteiger partial charge in [0, 0.05) is 6.54 Å². The summed E-state index contributed by atoms with van der Waals surface area (Å²) < 4.78 is 27.0. The molecule has 1 heterocycles. The van der Waals surface area contributed by atoms with Gasteiger partial charge >= 0.3 is 0 Å². The minimum Gasteiger partial charge on any atom is -0.370 e. The molecule has 0 bridgehead atoms. The van der Waals surface area contributed by atoms with E-state index in [1.807, 2.05) is 48.5 Å². The topological polar surface area (TPSA) is 71.1 Å². The quantitative estimate of drug-likeness (QED) is 0.593. The number of aromatic nitrogens is 1. The molecule has 0 amide bonds. The van der Waals surface area contributed by atoms with Crippen molar-refractivity contribution < 1.29 is 8.42 Å². The monoisotopic (exact) mass is 381 g/mol. The molecule has 3 rings (SSSR count). The Morgan fingerprint density at radius 1 is 0.778 bits per heavy atom. The number of anilines is 2. The third-order valence-electron chi connectivity index (χ3n) is 4.10. The number of nitrogens with one attached hydrogen (secondary N) is 2. The number of sulfonamides is 1. The van der Waals surface area contributed by atoms with Gasteiger partial charge in [0.25, 0.3) is 0 Å². The van der Waals surface area contributed by atoms with Crippen LogP contribution in [0.1, 0.15) is 11.1 Å². The summed E-state index contributed by atoms with van der Waals surface area (Å²) in [6.07, 6.45) is 2.91. The second kappa shape index (κ2) is 9.19. The number of hydrogen-bond donors (Lipinski definition) is 2. The van der Waals surface area contributed by atoms with Gasteiger partial charge in [-0.2, -0.15) is 0 Å². The summed E-state index contributed by atoms with van der Waals surface area (Å²) in [5.41, 5.74) is 2.73. The van der Waals surface area contributed by atoms with E-state index in [1.54, 1.807) is 12.1 Å². The first-order valence-corrected chi connectivity index (χ1v) is 10.5. The van der Waals surface area contributed by atoms with E-state index in [0.29, 0.717) is 12.1 Å². The van der Waals surface area contributed by atoms with E-state index in [2.05, 4.69) is 27.2 Å². The van der Waals surface area contributed by atoms with Crippen LogP contribution in [0.25, 0.3) is 0 Å². The fourth-order valence-electron chi connectivity index (χ4n) is 2.67. The van der Waals surface area contributed by atoms with Gasteiger partial charge in [0.1, 0.15) is 5.82 Å². The van der Waals surface area contributed by atoms with Crippen molar-refractivity contribution in [1.29, 1.82) is 0 Å². The van der Waals surface area contributed by atoms with E-state index >= 15 is 0 Å². The summed E-state index contributed by atoms with van der Waals surface area (Å²) in [5, 5.41) is 3.24. The Morgan fingerprint density at radius 2 is 1.41 bits per heavy atom. The molecule has 0 unspecified atom stereocenters. The zero-order chi connectivity index (χ0) is 19.0. The van der Waals surface area contributed by atoms with Gasteiger partial charge < -0.3 is 5.32 Å². The van der Waals surface area contributed by atoms with E-state index in [-0.39, 0.29) is 5.75 Å². The van der Waals surface area contributed by atoms with Gasteiger partial charge in [-0.1, -0.05) is 60.7 Å². The minimum atomic E-state index is -3.41. The van der Waals surface area contributed by atoms with Crippen molar-refractivity contribution in [3.8, 4) is 0 Å². The van der Waals surface area contributed by atoms with Crippen LogP contribution in [-0.4, -0.2) is 25.7 Å². The third kappa shape index (κ3) is 6.42. The highest BCUT2D eigenvalue weighted by molar-refractivity contribution is 7.92. The van der Waals surface area contributed by atoms with Crippen LogP contribution in [0.5, 0.6) is 0 Å². The second-order valence-electron chi connectivity index (χ2n) is 6.25. The summed E-state index contributed by atoms with van der Waals surface area (Å²) in [6.45, 7) is 0.763. The standard InChI is InChI=1S/C21H23N3O2S/c25-27(26,16-14-19-9-5-2-6-10-19)24-20-11-12-21(23-17-20)22-15-13-18-7-3-1-4-8-18/h1-12,17,24H,13-16H2,(H,22,23). The molecule has 6 heteroatoms. The molecule has 140 valence electrons. The number of hydrogen-bond acceptors (Lipinski definition) is 4. The van der Waals surface area contributed by atoms with Crippen molar-refractivity contribution in [2.75, 3.05) is 22.3 Å². The average molecular weight is 382 g/mol. The van der Waals surface area contributed by atoms with Crippen LogP contribution in [0.3, 0.4) is 0 Å². The van der Waals surface area contributed by atoms with Gasteiger partial charge in [-0.15, -0.1) is 0 Å². The first-order chi connectivity index (χ1) is 13.1. The van der Waals surface area contributed by atoms with E-state index < -0.39 is 10.0 Å². The van der Waals surface area contributed by atoms with Crippen LogP contribution in [0.15, 0.2) is 79.0 Å². The van der Waals surface area contributed by atoms with Crippen LogP contribution in [0.2, 0.25) is 0 Å². The van der Waals surface area contributed by atoms with Crippen molar-refractivity contribution in [3.05, 3.63) is 90.1 Å². The summed E-state index contributed by atoms with van der Waals surface area (Å²) in [5.74, 6) is 0.756. The van der Waals surface area contributed by atoms with E-state index in [9.17, 15) is 8.42 Å². The van der Waals surface area contributed by atoms with E-state index in [4.69, 9.17) is 0 Å². The SMILES string of the molecule is O=S(=O)(CCc1ccccc1)Nc1ccc(NCCc2ccccc2)nc1. The van der Waals surface area contributed by atoms with Crippen molar-refractivity contribution in [2.24, 2.45) is 0 Å². The van der Waals surface area contributed by atoms with Crippen molar-refractivity contribution in [2.45, 2.75) is 12.8 Å². The number of pyridine rings is 1. The third-order valence-corrected chi connectivity index (χ3v) is 5.39. The van der Waals surface area contributed by atoms with Crippen molar-refractivity contribution in [3.63, 3.8) is 0 Å². The van der Waals surface area contributed by atoms with Crippen LogP contribution < -0.4 is 10.0 Å². The normalized spacial score (nSPS) is 11.1. The molecule has 2 N–H and O–H groups in total. The molecular formula is C21H23N3O2S. The van der Waals surface area contributed by atoms with Gasteiger partial charge in [0.15, 0.2) is 0 Å². The lowest BCUT2D eigenvalue weighted by atomic mass is 10.1. The van der Waals surface area contributed by atoms with Crippen molar-refractivity contribution in [1.82, 2.24) is 4.98 Å². The highest BCUT2D eigenvalue weighted by Gasteiger charge is 2.11. The molecule has 0 atom stereocenters. The maximum atomic E-state index is 12.2. The zero-order valence-electron chi connectivity index (χ0n) is 15.0. The Bertz CT molecular complexity index is 928. The molecule has 1 aromatic heterocycles.